The van der Waals surface area contributed by atoms with Crippen LogP contribution in [0, 0.1) is 0 Å². The molecule has 2 aromatic rings. The van der Waals surface area contributed by atoms with Gasteiger partial charge in [-0.2, -0.15) is 0 Å². The largest absolute Gasteiger partial charge is 0.478 e. The molecule has 1 fully saturated rings. The average Bonchev–Trinajstić information content (AvgIpc) is 2.99. The van der Waals surface area contributed by atoms with E-state index >= 15 is 0 Å². The SMILES string of the molecule is O=C(O)c1cc2ccccc2nc1NCCN1CCCC1. The first-order valence-corrected chi connectivity index (χ1v) is 7.33. The van der Waals surface area contributed by atoms with Crippen molar-refractivity contribution in [2.75, 3.05) is 31.5 Å². The van der Waals surface area contributed by atoms with E-state index in [1.54, 1.807) is 6.07 Å². The summed E-state index contributed by atoms with van der Waals surface area (Å²) in [6, 6.07) is 9.25. The van der Waals surface area contributed by atoms with Gasteiger partial charge in [0.05, 0.1) is 5.52 Å². The van der Waals surface area contributed by atoms with Crippen molar-refractivity contribution in [1.82, 2.24) is 9.88 Å². The zero-order chi connectivity index (χ0) is 14.7. The summed E-state index contributed by atoms with van der Waals surface area (Å²) >= 11 is 0. The van der Waals surface area contributed by atoms with E-state index in [0.717, 1.165) is 30.5 Å². The third-order valence-electron chi connectivity index (χ3n) is 3.87. The molecule has 1 aliphatic rings. The van der Waals surface area contributed by atoms with E-state index in [1.807, 2.05) is 24.3 Å². The molecule has 0 radical (unpaired) electrons. The lowest BCUT2D eigenvalue weighted by molar-refractivity contribution is 0.0697. The standard InChI is InChI=1S/C16H19N3O2/c20-16(21)13-11-12-5-1-2-6-14(12)18-15(13)17-7-10-19-8-3-4-9-19/h1-2,5-6,11H,3-4,7-10H2,(H,17,18)(H,20,21). The van der Waals surface area contributed by atoms with Gasteiger partial charge >= 0.3 is 5.97 Å². The fourth-order valence-electron chi connectivity index (χ4n) is 2.75. The van der Waals surface area contributed by atoms with Crippen LogP contribution in [0.15, 0.2) is 30.3 Å². The predicted octanol–water partition coefficient (Wildman–Crippen LogP) is 2.44. The smallest absolute Gasteiger partial charge is 0.339 e. The number of nitrogens with one attached hydrogen (secondary N) is 1. The third kappa shape index (κ3) is 3.13. The molecule has 0 aliphatic carbocycles. The lowest BCUT2D eigenvalue weighted by Gasteiger charge is -2.16. The number of carboxylic acids is 1. The Hall–Kier alpha value is -2.14. The Morgan fingerprint density at radius 2 is 2.05 bits per heavy atom. The number of anilines is 1. The van der Waals surface area contributed by atoms with E-state index in [9.17, 15) is 9.90 Å². The van der Waals surface area contributed by atoms with Crippen molar-refractivity contribution < 1.29 is 9.90 Å². The second-order valence-electron chi connectivity index (χ2n) is 5.36. The van der Waals surface area contributed by atoms with Gasteiger partial charge in [-0.1, -0.05) is 18.2 Å². The van der Waals surface area contributed by atoms with E-state index in [-0.39, 0.29) is 5.56 Å². The molecule has 21 heavy (non-hydrogen) atoms. The molecule has 0 bridgehead atoms. The summed E-state index contributed by atoms with van der Waals surface area (Å²) in [5.74, 6) is -0.489. The van der Waals surface area contributed by atoms with Crippen LogP contribution >= 0.6 is 0 Å². The lowest BCUT2D eigenvalue weighted by Crippen LogP contribution is -2.26. The Morgan fingerprint density at radius 3 is 2.81 bits per heavy atom. The monoisotopic (exact) mass is 285 g/mol. The van der Waals surface area contributed by atoms with Crippen molar-refractivity contribution in [3.8, 4) is 0 Å². The zero-order valence-electron chi connectivity index (χ0n) is 11.9. The van der Waals surface area contributed by atoms with Crippen molar-refractivity contribution in [1.29, 1.82) is 0 Å². The molecule has 1 aromatic carbocycles. The number of carbonyl (C=O) groups is 1. The van der Waals surface area contributed by atoms with Gasteiger partial charge < -0.3 is 15.3 Å². The summed E-state index contributed by atoms with van der Waals surface area (Å²) in [6.07, 6.45) is 2.52. The van der Waals surface area contributed by atoms with Crippen LogP contribution in [0.1, 0.15) is 23.2 Å². The van der Waals surface area contributed by atoms with Crippen molar-refractivity contribution in [2.45, 2.75) is 12.8 Å². The second-order valence-corrected chi connectivity index (χ2v) is 5.36. The molecule has 2 N–H and O–H groups in total. The first-order valence-electron chi connectivity index (χ1n) is 7.33. The molecule has 0 unspecified atom stereocenters. The van der Waals surface area contributed by atoms with Crippen LogP contribution in [-0.4, -0.2) is 47.1 Å². The fourth-order valence-corrected chi connectivity index (χ4v) is 2.75. The minimum absolute atomic E-state index is 0.232. The summed E-state index contributed by atoms with van der Waals surface area (Å²) in [4.78, 5) is 18.2. The Balaban J connectivity index is 1.78. The minimum Gasteiger partial charge on any atom is -0.478 e. The Kier molecular flexibility index (Phi) is 4.01. The molecule has 1 aliphatic heterocycles. The zero-order valence-corrected chi connectivity index (χ0v) is 11.9. The number of aromatic nitrogens is 1. The van der Waals surface area contributed by atoms with E-state index in [2.05, 4.69) is 15.2 Å². The van der Waals surface area contributed by atoms with Gasteiger partial charge in [-0.3, -0.25) is 0 Å². The molecule has 1 aromatic heterocycles. The Labute approximate surface area is 123 Å². The Bertz CT molecular complexity index is 651. The molecular formula is C16H19N3O2. The van der Waals surface area contributed by atoms with Crippen molar-refractivity contribution in [3.63, 3.8) is 0 Å². The average molecular weight is 285 g/mol. The molecule has 110 valence electrons. The maximum atomic E-state index is 11.4. The normalized spacial score (nSPS) is 15.4. The lowest BCUT2D eigenvalue weighted by atomic mass is 10.1. The molecule has 2 heterocycles. The van der Waals surface area contributed by atoms with Gasteiger partial charge in [0.1, 0.15) is 11.4 Å². The van der Waals surface area contributed by atoms with Crippen LogP contribution in [-0.2, 0) is 0 Å². The topological polar surface area (TPSA) is 65.5 Å². The van der Waals surface area contributed by atoms with E-state index < -0.39 is 5.97 Å². The van der Waals surface area contributed by atoms with Gasteiger partial charge in [-0.15, -0.1) is 0 Å². The number of pyridine rings is 1. The van der Waals surface area contributed by atoms with E-state index in [0.29, 0.717) is 12.4 Å². The number of fused-ring (bicyclic) bond motifs is 1. The van der Waals surface area contributed by atoms with E-state index in [4.69, 9.17) is 0 Å². The first kappa shape index (κ1) is 13.8. The maximum Gasteiger partial charge on any atom is 0.339 e. The highest BCUT2D eigenvalue weighted by Gasteiger charge is 2.14. The van der Waals surface area contributed by atoms with Crippen LogP contribution in [0.5, 0.6) is 0 Å². The van der Waals surface area contributed by atoms with Gasteiger partial charge in [0.2, 0.25) is 0 Å². The second kappa shape index (κ2) is 6.10. The molecular weight excluding hydrogens is 266 g/mol. The van der Waals surface area contributed by atoms with Crippen molar-refractivity contribution >= 4 is 22.7 Å². The third-order valence-corrected chi connectivity index (χ3v) is 3.87. The highest BCUT2D eigenvalue weighted by Crippen LogP contribution is 2.20. The van der Waals surface area contributed by atoms with Crippen molar-refractivity contribution in [2.24, 2.45) is 0 Å². The summed E-state index contributed by atoms with van der Waals surface area (Å²) in [5, 5.41) is 13.4. The van der Waals surface area contributed by atoms with Gasteiger partial charge in [0.25, 0.3) is 0 Å². The van der Waals surface area contributed by atoms with Gasteiger partial charge in [-0.05, 0) is 38.1 Å². The highest BCUT2D eigenvalue weighted by atomic mass is 16.4. The number of benzene rings is 1. The number of carboxylic acid groups (broad SMARTS) is 1. The van der Waals surface area contributed by atoms with Crippen LogP contribution in [0.4, 0.5) is 5.82 Å². The first-order chi connectivity index (χ1) is 10.2. The van der Waals surface area contributed by atoms with Crippen LogP contribution in [0.25, 0.3) is 10.9 Å². The number of likely N-dealkylation sites (tertiary alicyclic amines) is 1. The number of nitrogens with zero attached hydrogens (tertiary/aromatic N) is 2. The molecule has 1 saturated heterocycles. The summed E-state index contributed by atoms with van der Waals surface area (Å²) in [7, 11) is 0. The molecule has 0 atom stereocenters. The van der Waals surface area contributed by atoms with Crippen LogP contribution < -0.4 is 5.32 Å². The number of rotatable bonds is 5. The summed E-state index contributed by atoms with van der Waals surface area (Å²) < 4.78 is 0. The minimum atomic E-state index is -0.947. The van der Waals surface area contributed by atoms with Gasteiger partial charge in [-0.25, -0.2) is 9.78 Å². The predicted molar refractivity (Wildman–Crippen MR) is 82.9 cm³/mol. The number of aromatic carboxylic acids is 1. The number of para-hydroxylation sites is 1. The van der Waals surface area contributed by atoms with Crippen LogP contribution in [0.2, 0.25) is 0 Å². The van der Waals surface area contributed by atoms with Gasteiger partial charge in [0, 0.05) is 18.5 Å². The number of hydrogen-bond donors (Lipinski definition) is 2. The fraction of sp³-hybridized carbons (Fsp3) is 0.375. The molecule has 0 amide bonds. The molecule has 3 rings (SSSR count). The Morgan fingerprint density at radius 1 is 1.29 bits per heavy atom. The molecule has 0 spiro atoms. The molecule has 5 nitrogen and oxygen atoms in total. The highest BCUT2D eigenvalue weighted by molar-refractivity contribution is 5.98. The number of hydrogen-bond acceptors (Lipinski definition) is 4. The van der Waals surface area contributed by atoms with Gasteiger partial charge in [0.15, 0.2) is 0 Å². The summed E-state index contributed by atoms with van der Waals surface area (Å²) in [5.41, 5.74) is 1.04. The van der Waals surface area contributed by atoms with Crippen LogP contribution in [0.3, 0.4) is 0 Å². The van der Waals surface area contributed by atoms with Crippen molar-refractivity contribution in [3.05, 3.63) is 35.9 Å². The molecule has 0 saturated carbocycles. The van der Waals surface area contributed by atoms with E-state index in [1.165, 1.54) is 12.8 Å². The summed E-state index contributed by atoms with van der Waals surface area (Å²) in [6.45, 7) is 3.91. The quantitative estimate of drug-likeness (QED) is 0.883. The molecule has 5 heteroatoms. The maximum absolute atomic E-state index is 11.4.